The van der Waals surface area contributed by atoms with Gasteiger partial charge in [0.2, 0.25) is 11.8 Å². The molecule has 0 spiro atoms. The Morgan fingerprint density at radius 2 is 1.77 bits per heavy atom. The van der Waals surface area contributed by atoms with Crippen LogP contribution in [0.2, 0.25) is 0 Å². The predicted molar refractivity (Wildman–Crippen MR) is 115 cm³/mol. The predicted octanol–water partition coefficient (Wildman–Crippen LogP) is 2.51. The molecule has 0 atom stereocenters. The van der Waals surface area contributed by atoms with E-state index in [1.807, 2.05) is 30.3 Å². The molecule has 0 saturated carbocycles. The second-order valence-electron chi connectivity index (χ2n) is 7.45. The summed E-state index contributed by atoms with van der Waals surface area (Å²) in [5.74, 6) is -1.04. The van der Waals surface area contributed by atoms with Gasteiger partial charge in [-0.1, -0.05) is 24.3 Å². The first kappa shape index (κ1) is 21.9. The molecule has 0 unspecified atom stereocenters. The summed E-state index contributed by atoms with van der Waals surface area (Å²) in [6, 6.07) is 13.4. The molecule has 31 heavy (non-hydrogen) atoms. The van der Waals surface area contributed by atoms with Gasteiger partial charge in [-0.05, 0) is 38.0 Å². The highest BCUT2D eigenvalue weighted by Gasteiger charge is 2.27. The van der Waals surface area contributed by atoms with E-state index in [1.165, 1.54) is 18.2 Å². The maximum atomic E-state index is 12.4. The van der Waals surface area contributed by atoms with Crippen LogP contribution in [0.5, 0.6) is 0 Å². The number of hydrogen-bond donors (Lipinski definition) is 2. The number of amides is 3. The number of benzene rings is 2. The maximum absolute atomic E-state index is 12.4. The third-order valence-electron chi connectivity index (χ3n) is 5.33. The molecule has 2 aromatic rings. The highest BCUT2D eigenvalue weighted by atomic mass is 16.6. The van der Waals surface area contributed by atoms with Crippen molar-refractivity contribution in [3.05, 3.63) is 69.8 Å². The average molecular weight is 424 g/mol. The van der Waals surface area contributed by atoms with Crippen molar-refractivity contribution in [2.45, 2.75) is 19.8 Å². The van der Waals surface area contributed by atoms with Crippen LogP contribution in [0.15, 0.2) is 48.5 Å². The van der Waals surface area contributed by atoms with Crippen LogP contribution >= 0.6 is 0 Å². The number of carbonyl (C=O) groups is 3. The molecule has 2 aromatic carbocycles. The van der Waals surface area contributed by atoms with Gasteiger partial charge >= 0.3 is 0 Å². The Kier molecular flexibility index (Phi) is 6.96. The van der Waals surface area contributed by atoms with Crippen molar-refractivity contribution >= 4 is 29.1 Å². The number of para-hydroxylation sites is 1. The molecule has 9 nitrogen and oxygen atoms in total. The van der Waals surface area contributed by atoms with Gasteiger partial charge in [0.05, 0.1) is 11.5 Å². The number of rotatable bonds is 6. The number of nitrogens with zero attached hydrogens (tertiary/aromatic N) is 2. The number of likely N-dealkylation sites (tertiary alicyclic amines) is 1. The lowest BCUT2D eigenvalue weighted by molar-refractivity contribution is -0.385. The number of anilines is 1. The van der Waals surface area contributed by atoms with Gasteiger partial charge in [-0.15, -0.1) is 0 Å². The molecule has 0 aromatic heterocycles. The first-order valence-corrected chi connectivity index (χ1v) is 10.0. The minimum atomic E-state index is -0.548. The second kappa shape index (κ2) is 9.84. The Hall–Kier alpha value is -3.75. The van der Waals surface area contributed by atoms with Crippen molar-refractivity contribution in [2.75, 3.05) is 25.0 Å². The zero-order valence-corrected chi connectivity index (χ0v) is 17.2. The standard InChI is InChI=1S/C22H24N4O5/c1-15-7-8-17(13-19(15)26(30)31)21(28)23-14-20(27)25-11-9-16(10-12-25)22(29)24-18-5-3-2-4-6-18/h2-8,13,16H,9-12,14H2,1H3,(H,23,28)(H,24,29). The highest BCUT2D eigenvalue weighted by molar-refractivity contribution is 5.97. The van der Waals surface area contributed by atoms with Crippen molar-refractivity contribution in [3.63, 3.8) is 0 Å². The molecule has 1 aliphatic rings. The smallest absolute Gasteiger partial charge is 0.273 e. The third-order valence-corrected chi connectivity index (χ3v) is 5.33. The van der Waals surface area contributed by atoms with Crippen LogP contribution < -0.4 is 10.6 Å². The minimum Gasteiger partial charge on any atom is -0.343 e. The number of hydrogen-bond acceptors (Lipinski definition) is 5. The van der Waals surface area contributed by atoms with E-state index in [2.05, 4.69) is 10.6 Å². The lowest BCUT2D eigenvalue weighted by Gasteiger charge is -2.31. The highest BCUT2D eigenvalue weighted by Crippen LogP contribution is 2.20. The monoisotopic (exact) mass is 424 g/mol. The summed E-state index contributed by atoms with van der Waals surface area (Å²) in [7, 11) is 0. The molecular weight excluding hydrogens is 400 g/mol. The largest absolute Gasteiger partial charge is 0.343 e. The van der Waals surface area contributed by atoms with Gasteiger partial charge in [-0.3, -0.25) is 24.5 Å². The molecule has 1 aliphatic heterocycles. The van der Waals surface area contributed by atoms with E-state index >= 15 is 0 Å². The molecule has 0 aliphatic carbocycles. The fraction of sp³-hybridized carbons (Fsp3) is 0.318. The Morgan fingerprint density at radius 3 is 2.42 bits per heavy atom. The topological polar surface area (TPSA) is 122 Å². The molecule has 162 valence electrons. The molecule has 0 bridgehead atoms. The summed E-state index contributed by atoms with van der Waals surface area (Å²) in [6.07, 6.45) is 1.09. The minimum absolute atomic E-state index is 0.0624. The molecule has 3 rings (SSSR count). The van der Waals surface area contributed by atoms with Crippen LogP contribution in [0.1, 0.15) is 28.8 Å². The number of piperidine rings is 1. The van der Waals surface area contributed by atoms with Gasteiger partial charge in [-0.25, -0.2) is 0 Å². The molecule has 2 N–H and O–H groups in total. The van der Waals surface area contributed by atoms with Crippen LogP contribution in [-0.2, 0) is 9.59 Å². The Balaban J connectivity index is 1.47. The molecule has 3 amide bonds. The van der Waals surface area contributed by atoms with Gasteiger partial charge < -0.3 is 15.5 Å². The van der Waals surface area contributed by atoms with E-state index in [-0.39, 0.29) is 35.5 Å². The lowest BCUT2D eigenvalue weighted by atomic mass is 9.95. The van der Waals surface area contributed by atoms with E-state index in [0.717, 1.165) is 5.69 Å². The van der Waals surface area contributed by atoms with E-state index in [9.17, 15) is 24.5 Å². The molecule has 1 heterocycles. The van der Waals surface area contributed by atoms with E-state index in [0.29, 0.717) is 31.5 Å². The maximum Gasteiger partial charge on any atom is 0.273 e. The van der Waals surface area contributed by atoms with Gasteiger partial charge in [0.1, 0.15) is 0 Å². The van der Waals surface area contributed by atoms with Crippen LogP contribution in [0, 0.1) is 23.0 Å². The van der Waals surface area contributed by atoms with E-state index in [4.69, 9.17) is 0 Å². The first-order chi connectivity index (χ1) is 14.8. The Labute approximate surface area is 179 Å². The molecule has 1 saturated heterocycles. The molecule has 9 heteroatoms. The van der Waals surface area contributed by atoms with Crippen LogP contribution in [-0.4, -0.2) is 47.2 Å². The van der Waals surface area contributed by atoms with Crippen molar-refractivity contribution < 1.29 is 19.3 Å². The quantitative estimate of drug-likeness (QED) is 0.545. The summed E-state index contributed by atoms with van der Waals surface area (Å²) in [4.78, 5) is 49.2. The van der Waals surface area contributed by atoms with Crippen molar-refractivity contribution in [1.82, 2.24) is 10.2 Å². The molecule has 1 fully saturated rings. The molecule has 0 radical (unpaired) electrons. The number of nitro groups is 1. The number of nitrogens with one attached hydrogen (secondary N) is 2. The van der Waals surface area contributed by atoms with Crippen LogP contribution in [0.3, 0.4) is 0 Å². The zero-order chi connectivity index (χ0) is 22.4. The second-order valence-corrected chi connectivity index (χ2v) is 7.45. The van der Waals surface area contributed by atoms with Gasteiger partial charge in [0.15, 0.2) is 0 Å². The number of carbonyl (C=O) groups excluding carboxylic acids is 3. The van der Waals surface area contributed by atoms with Gasteiger partial charge in [-0.2, -0.15) is 0 Å². The Morgan fingerprint density at radius 1 is 1.10 bits per heavy atom. The normalized spacial score (nSPS) is 14.0. The summed E-state index contributed by atoms with van der Waals surface area (Å²) in [5, 5.41) is 16.4. The van der Waals surface area contributed by atoms with Crippen LogP contribution in [0.4, 0.5) is 11.4 Å². The van der Waals surface area contributed by atoms with E-state index in [1.54, 1.807) is 11.8 Å². The zero-order valence-electron chi connectivity index (χ0n) is 17.2. The Bertz CT molecular complexity index is 985. The average Bonchev–Trinajstić information content (AvgIpc) is 2.78. The fourth-order valence-electron chi connectivity index (χ4n) is 3.47. The fourth-order valence-corrected chi connectivity index (χ4v) is 3.47. The first-order valence-electron chi connectivity index (χ1n) is 10.0. The van der Waals surface area contributed by atoms with Gasteiger partial charge in [0, 0.05) is 41.9 Å². The van der Waals surface area contributed by atoms with E-state index < -0.39 is 10.8 Å². The lowest BCUT2D eigenvalue weighted by Crippen LogP contribution is -2.45. The molecular formula is C22H24N4O5. The number of aryl methyl sites for hydroxylation is 1. The number of nitro benzene ring substituents is 1. The van der Waals surface area contributed by atoms with Crippen molar-refractivity contribution in [1.29, 1.82) is 0 Å². The third kappa shape index (κ3) is 5.65. The summed E-state index contributed by atoms with van der Waals surface area (Å²) >= 11 is 0. The summed E-state index contributed by atoms with van der Waals surface area (Å²) < 4.78 is 0. The summed E-state index contributed by atoms with van der Waals surface area (Å²) in [5.41, 5.74) is 1.18. The SMILES string of the molecule is Cc1ccc(C(=O)NCC(=O)N2CCC(C(=O)Nc3ccccc3)CC2)cc1[N+](=O)[O-]. The summed E-state index contributed by atoms with van der Waals surface area (Å²) in [6.45, 7) is 2.24. The van der Waals surface area contributed by atoms with Crippen molar-refractivity contribution in [3.8, 4) is 0 Å². The van der Waals surface area contributed by atoms with Crippen molar-refractivity contribution in [2.24, 2.45) is 5.92 Å². The van der Waals surface area contributed by atoms with Gasteiger partial charge in [0.25, 0.3) is 11.6 Å². The van der Waals surface area contributed by atoms with Crippen LogP contribution in [0.25, 0.3) is 0 Å².